The molecule has 0 spiro atoms. The summed E-state index contributed by atoms with van der Waals surface area (Å²) in [6, 6.07) is 1.59. The lowest BCUT2D eigenvalue weighted by Gasteiger charge is -2.15. The molecule has 2 atom stereocenters. The summed E-state index contributed by atoms with van der Waals surface area (Å²) in [5.74, 6) is -0.875. The second kappa shape index (κ2) is 5.90. The normalized spacial score (nSPS) is 14.1. The highest BCUT2D eigenvalue weighted by Crippen LogP contribution is 2.29. The zero-order valence-electron chi connectivity index (χ0n) is 9.54. The Labute approximate surface area is 103 Å². The number of ether oxygens (including phenoxy) is 1. The Hall–Kier alpha value is -1.24. The molecule has 0 amide bonds. The number of hydrogen-bond donors (Lipinski definition) is 2. The highest BCUT2D eigenvalue weighted by molar-refractivity contribution is 7.13. The van der Waals surface area contributed by atoms with E-state index in [1.165, 1.54) is 0 Å². The van der Waals surface area contributed by atoms with Gasteiger partial charge in [-0.05, 0) is 25.5 Å². The van der Waals surface area contributed by atoms with Crippen molar-refractivity contribution < 1.29 is 24.5 Å². The van der Waals surface area contributed by atoms with Crippen LogP contribution in [0.1, 0.15) is 33.1 Å². The largest absolute Gasteiger partial charge is 0.464 e. The highest BCUT2D eigenvalue weighted by Gasteiger charge is 2.29. The monoisotopic (exact) mass is 258 g/mol. The molecular formula is C11H14O5S. The van der Waals surface area contributed by atoms with Crippen molar-refractivity contribution in [3.63, 3.8) is 0 Å². The van der Waals surface area contributed by atoms with Gasteiger partial charge in [-0.3, -0.25) is 4.79 Å². The van der Waals surface area contributed by atoms with Gasteiger partial charge < -0.3 is 14.9 Å². The summed E-state index contributed by atoms with van der Waals surface area (Å²) < 4.78 is 4.61. The fourth-order valence-corrected chi connectivity index (χ4v) is 2.38. The lowest BCUT2D eigenvalue weighted by Crippen LogP contribution is -2.29. The van der Waals surface area contributed by atoms with Crippen molar-refractivity contribution in [2.45, 2.75) is 26.1 Å². The molecule has 0 aliphatic rings. The molecule has 5 nitrogen and oxygen atoms in total. The third-order valence-corrected chi connectivity index (χ3v) is 3.42. The average molecular weight is 258 g/mol. The number of hydrogen-bond acceptors (Lipinski definition) is 6. The molecule has 2 unspecified atom stereocenters. The number of thiophene rings is 1. The van der Waals surface area contributed by atoms with Gasteiger partial charge >= 0.3 is 5.97 Å². The topological polar surface area (TPSA) is 83.8 Å². The zero-order chi connectivity index (χ0) is 13.0. The highest BCUT2D eigenvalue weighted by atomic mass is 32.1. The van der Waals surface area contributed by atoms with Gasteiger partial charge in [-0.2, -0.15) is 0 Å². The fraction of sp³-hybridized carbons (Fsp3) is 0.455. The molecule has 6 heteroatoms. The van der Waals surface area contributed by atoms with Crippen LogP contribution < -0.4 is 0 Å². The van der Waals surface area contributed by atoms with Crippen LogP contribution in [0.3, 0.4) is 0 Å². The number of aryl methyl sites for hydroxylation is 1. The molecule has 1 aromatic rings. The SMILES string of the molecule is CCOC(=O)C(O)C(O)c1sc(C=O)cc1C. The molecule has 0 bridgehead atoms. The molecule has 0 saturated carbocycles. The molecule has 17 heavy (non-hydrogen) atoms. The lowest BCUT2D eigenvalue weighted by molar-refractivity contribution is -0.159. The smallest absolute Gasteiger partial charge is 0.338 e. The van der Waals surface area contributed by atoms with E-state index in [0.29, 0.717) is 21.6 Å². The van der Waals surface area contributed by atoms with E-state index in [1.54, 1.807) is 19.9 Å². The molecule has 0 fully saturated rings. The summed E-state index contributed by atoms with van der Waals surface area (Å²) in [7, 11) is 0. The Kier molecular flexibility index (Phi) is 4.80. The predicted molar refractivity (Wildman–Crippen MR) is 62.0 cm³/mol. The van der Waals surface area contributed by atoms with Gasteiger partial charge in [0, 0.05) is 4.88 Å². The second-order valence-electron chi connectivity index (χ2n) is 3.46. The van der Waals surface area contributed by atoms with Crippen LogP contribution >= 0.6 is 11.3 Å². The van der Waals surface area contributed by atoms with Crippen LogP contribution in [0, 0.1) is 6.92 Å². The molecule has 1 rings (SSSR count). The molecule has 0 radical (unpaired) electrons. The molecule has 1 heterocycles. The molecule has 0 saturated heterocycles. The first kappa shape index (κ1) is 13.8. The van der Waals surface area contributed by atoms with Crippen molar-refractivity contribution in [2.75, 3.05) is 6.61 Å². The van der Waals surface area contributed by atoms with Crippen LogP contribution in [0.25, 0.3) is 0 Å². The molecule has 1 aromatic heterocycles. The van der Waals surface area contributed by atoms with Gasteiger partial charge in [-0.1, -0.05) is 0 Å². The summed E-state index contributed by atoms with van der Waals surface area (Å²) in [4.78, 5) is 22.7. The van der Waals surface area contributed by atoms with E-state index < -0.39 is 18.2 Å². The number of esters is 1. The minimum atomic E-state index is -1.63. The summed E-state index contributed by atoms with van der Waals surface area (Å²) in [5, 5.41) is 19.4. The van der Waals surface area contributed by atoms with Gasteiger partial charge in [0.05, 0.1) is 11.5 Å². The Balaban J connectivity index is 2.87. The summed E-state index contributed by atoms with van der Waals surface area (Å²) >= 11 is 1.05. The number of carbonyl (C=O) groups excluding carboxylic acids is 2. The van der Waals surface area contributed by atoms with E-state index in [1.807, 2.05) is 0 Å². The van der Waals surface area contributed by atoms with E-state index in [-0.39, 0.29) is 6.61 Å². The van der Waals surface area contributed by atoms with E-state index in [9.17, 15) is 19.8 Å². The fourth-order valence-electron chi connectivity index (χ4n) is 1.37. The Bertz CT molecular complexity index is 412. The third-order valence-electron chi connectivity index (χ3n) is 2.19. The van der Waals surface area contributed by atoms with Crippen molar-refractivity contribution in [2.24, 2.45) is 0 Å². The van der Waals surface area contributed by atoms with Gasteiger partial charge in [0.1, 0.15) is 6.10 Å². The maximum absolute atomic E-state index is 11.2. The minimum Gasteiger partial charge on any atom is -0.464 e. The second-order valence-corrected chi connectivity index (χ2v) is 4.57. The first-order valence-corrected chi connectivity index (χ1v) is 5.91. The van der Waals surface area contributed by atoms with Crippen LogP contribution in [-0.2, 0) is 9.53 Å². The molecule has 0 aliphatic carbocycles. The minimum absolute atomic E-state index is 0.131. The summed E-state index contributed by atoms with van der Waals surface area (Å²) in [5.41, 5.74) is 0.660. The Morgan fingerprint density at radius 3 is 2.71 bits per heavy atom. The number of rotatable bonds is 5. The van der Waals surface area contributed by atoms with Crippen LogP contribution in [-0.4, -0.2) is 35.2 Å². The van der Waals surface area contributed by atoms with Gasteiger partial charge in [-0.25, -0.2) is 4.79 Å². The van der Waals surface area contributed by atoms with Crippen molar-refractivity contribution in [3.8, 4) is 0 Å². The van der Waals surface area contributed by atoms with Crippen LogP contribution in [0.4, 0.5) is 0 Å². The summed E-state index contributed by atoms with van der Waals surface area (Å²) in [6.45, 7) is 3.43. The van der Waals surface area contributed by atoms with Crippen molar-refractivity contribution in [1.82, 2.24) is 0 Å². The molecule has 2 N–H and O–H groups in total. The van der Waals surface area contributed by atoms with Crippen LogP contribution in [0.5, 0.6) is 0 Å². The van der Waals surface area contributed by atoms with E-state index in [4.69, 9.17) is 0 Å². The van der Waals surface area contributed by atoms with Gasteiger partial charge in [0.15, 0.2) is 12.4 Å². The number of aldehydes is 1. The maximum Gasteiger partial charge on any atom is 0.338 e. The molecule has 0 aromatic carbocycles. The quantitative estimate of drug-likeness (QED) is 0.603. The molecule has 94 valence electrons. The van der Waals surface area contributed by atoms with E-state index >= 15 is 0 Å². The Morgan fingerprint density at radius 2 is 2.24 bits per heavy atom. The Morgan fingerprint density at radius 1 is 1.59 bits per heavy atom. The zero-order valence-corrected chi connectivity index (χ0v) is 10.4. The third kappa shape index (κ3) is 3.12. The first-order valence-electron chi connectivity index (χ1n) is 5.09. The van der Waals surface area contributed by atoms with E-state index in [0.717, 1.165) is 11.3 Å². The van der Waals surface area contributed by atoms with Crippen molar-refractivity contribution in [1.29, 1.82) is 0 Å². The lowest BCUT2D eigenvalue weighted by atomic mass is 10.1. The van der Waals surface area contributed by atoms with E-state index in [2.05, 4.69) is 4.74 Å². The molecular weight excluding hydrogens is 244 g/mol. The van der Waals surface area contributed by atoms with Crippen molar-refractivity contribution >= 4 is 23.6 Å². The number of aliphatic hydroxyl groups is 2. The standard InChI is InChI=1S/C11H14O5S/c1-3-16-11(15)9(14)8(13)10-6(2)4-7(5-12)17-10/h4-5,8-9,13-14H,3H2,1-2H3. The predicted octanol–water partition coefficient (Wildman–Crippen LogP) is 0.826. The maximum atomic E-state index is 11.2. The number of aliphatic hydroxyl groups excluding tert-OH is 2. The number of carbonyl (C=O) groups is 2. The van der Waals surface area contributed by atoms with Crippen LogP contribution in [0.2, 0.25) is 0 Å². The van der Waals surface area contributed by atoms with Crippen LogP contribution in [0.15, 0.2) is 6.07 Å². The van der Waals surface area contributed by atoms with Gasteiger partial charge in [-0.15, -0.1) is 11.3 Å². The first-order chi connectivity index (χ1) is 8.01. The van der Waals surface area contributed by atoms with Gasteiger partial charge in [0.25, 0.3) is 0 Å². The average Bonchev–Trinajstić information content (AvgIpc) is 2.69. The summed E-state index contributed by atoms with van der Waals surface area (Å²) in [6.07, 6.45) is -2.34. The van der Waals surface area contributed by atoms with Crippen molar-refractivity contribution in [3.05, 3.63) is 21.4 Å². The molecule has 0 aliphatic heterocycles. The van der Waals surface area contributed by atoms with Gasteiger partial charge in [0.2, 0.25) is 0 Å².